The van der Waals surface area contributed by atoms with E-state index in [4.69, 9.17) is 15.2 Å². The smallest absolute Gasteiger partial charge is 0.141 e. The summed E-state index contributed by atoms with van der Waals surface area (Å²) in [6.45, 7) is 5.10. The number of unbranched alkanes of at least 4 members (excludes halogenated alkanes) is 1. The lowest BCUT2D eigenvalue weighted by Gasteiger charge is -2.26. The molecule has 2 rings (SSSR count). The molecule has 1 aromatic carbocycles. The summed E-state index contributed by atoms with van der Waals surface area (Å²) in [6.07, 6.45) is 3.51. The molecule has 106 valence electrons. The molecule has 19 heavy (non-hydrogen) atoms. The average Bonchev–Trinajstić information content (AvgIpc) is 2.45. The molecular formula is C15H24N2O2. The van der Waals surface area contributed by atoms with Gasteiger partial charge in [-0.05, 0) is 43.5 Å². The maximum Gasteiger partial charge on any atom is 0.141 e. The number of nitrogens with zero attached hydrogens (tertiary/aromatic N) is 1. The number of rotatable bonds is 6. The third kappa shape index (κ3) is 4.40. The zero-order valence-electron chi connectivity index (χ0n) is 11.7. The van der Waals surface area contributed by atoms with E-state index in [9.17, 15) is 0 Å². The van der Waals surface area contributed by atoms with Gasteiger partial charge in [0.25, 0.3) is 0 Å². The van der Waals surface area contributed by atoms with Crippen molar-refractivity contribution in [1.82, 2.24) is 4.90 Å². The first-order chi connectivity index (χ1) is 9.29. The Morgan fingerprint density at radius 1 is 1.26 bits per heavy atom. The number of benzene rings is 1. The molecule has 0 aromatic heterocycles. The third-order valence-electron chi connectivity index (χ3n) is 3.59. The van der Waals surface area contributed by atoms with Crippen molar-refractivity contribution in [1.29, 1.82) is 0 Å². The number of nitrogen functional groups attached to an aromatic ring is 1. The van der Waals surface area contributed by atoms with Crippen LogP contribution < -0.4 is 10.5 Å². The summed E-state index contributed by atoms with van der Waals surface area (Å²) >= 11 is 0. The minimum absolute atomic E-state index is 0.730. The van der Waals surface area contributed by atoms with Gasteiger partial charge in [-0.25, -0.2) is 0 Å². The SMILES string of the molecule is COc1ccc(CCCCN2CCOCC2)cc1N. The maximum atomic E-state index is 5.91. The fourth-order valence-corrected chi connectivity index (χ4v) is 2.43. The predicted molar refractivity (Wildman–Crippen MR) is 77.6 cm³/mol. The van der Waals surface area contributed by atoms with Crippen molar-refractivity contribution in [3.05, 3.63) is 23.8 Å². The van der Waals surface area contributed by atoms with Crippen LogP contribution >= 0.6 is 0 Å². The van der Waals surface area contributed by atoms with Crippen molar-refractivity contribution < 1.29 is 9.47 Å². The molecule has 1 aliphatic heterocycles. The molecule has 1 aliphatic rings. The van der Waals surface area contributed by atoms with Crippen LogP contribution in [0.4, 0.5) is 5.69 Å². The molecule has 0 aliphatic carbocycles. The number of hydrogen-bond acceptors (Lipinski definition) is 4. The molecule has 4 nitrogen and oxygen atoms in total. The van der Waals surface area contributed by atoms with Crippen LogP contribution in [0, 0.1) is 0 Å². The number of ether oxygens (including phenoxy) is 2. The Morgan fingerprint density at radius 3 is 2.74 bits per heavy atom. The van der Waals surface area contributed by atoms with Gasteiger partial charge in [-0.1, -0.05) is 6.07 Å². The van der Waals surface area contributed by atoms with E-state index in [2.05, 4.69) is 11.0 Å². The van der Waals surface area contributed by atoms with Crippen LogP contribution in [0.3, 0.4) is 0 Å². The van der Waals surface area contributed by atoms with Crippen molar-refractivity contribution >= 4 is 5.69 Å². The van der Waals surface area contributed by atoms with Gasteiger partial charge in [-0.15, -0.1) is 0 Å². The molecule has 4 heteroatoms. The highest BCUT2D eigenvalue weighted by molar-refractivity contribution is 5.54. The first-order valence-electron chi connectivity index (χ1n) is 7.02. The lowest BCUT2D eigenvalue weighted by Crippen LogP contribution is -2.36. The largest absolute Gasteiger partial charge is 0.495 e. The normalized spacial score (nSPS) is 16.5. The number of methoxy groups -OCH3 is 1. The molecule has 0 amide bonds. The molecule has 0 spiro atoms. The van der Waals surface area contributed by atoms with Gasteiger partial charge in [0, 0.05) is 13.1 Å². The highest BCUT2D eigenvalue weighted by Gasteiger charge is 2.09. The summed E-state index contributed by atoms with van der Waals surface area (Å²) in [4.78, 5) is 2.48. The Bertz CT molecular complexity index is 390. The minimum Gasteiger partial charge on any atom is -0.495 e. The fourth-order valence-electron chi connectivity index (χ4n) is 2.43. The van der Waals surface area contributed by atoms with Gasteiger partial charge in [-0.2, -0.15) is 0 Å². The molecule has 2 N–H and O–H groups in total. The fraction of sp³-hybridized carbons (Fsp3) is 0.600. The quantitative estimate of drug-likeness (QED) is 0.630. The zero-order valence-corrected chi connectivity index (χ0v) is 11.7. The second kappa shape index (κ2) is 7.36. The van der Waals surface area contributed by atoms with Crippen molar-refractivity contribution in [3.63, 3.8) is 0 Å². The Morgan fingerprint density at radius 2 is 2.05 bits per heavy atom. The van der Waals surface area contributed by atoms with Crippen LogP contribution in [0.25, 0.3) is 0 Å². The van der Waals surface area contributed by atoms with E-state index in [0.717, 1.165) is 44.2 Å². The molecule has 0 unspecified atom stereocenters. The van der Waals surface area contributed by atoms with E-state index >= 15 is 0 Å². The highest BCUT2D eigenvalue weighted by atomic mass is 16.5. The summed E-state index contributed by atoms with van der Waals surface area (Å²) in [5, 5.41) is 0. The first kappa shape index (κ1) is 14.2. The lowest BCUT2D eigenvalue weighted by molar-refractivity contribution is 0.0372. The van der Waals surface area contributed by atoms with Crippen molar-refractivity contribution in [3.8, 4) is 5.75 Å². The molecule has 1 heterocycles. The summed E-state index contributed by atoms with van der Waals surface area (Å²) in [7, 11) is 1.65. The molecule has 1 fully saturated rings. The number of anilines is 1. The van der Waals surface area contributed by atoms with Crippen molar-refractivity contribution in [2.24, 2.45) is 0 Å². The van der Waals surface area contributed by atoms with Crippen LogP contribution in [-0.2, 0) is 11.2 Å². The number of hydrogen-bond donors (Lipinski definition) is 1. The van der Waals surface area contributed by atoms with Crippen LogP contribution in [0.15, 0.2) is 18.2 Å². The van der Waals surface area contributed by atoms with Crippen molar-refractivity contribution in [2.75, 3.05) is 45.7 Å². The van der Waals surface area contributed by atoms with Crippen LogP contribution in [0.2, 0.25) is 0 Å². The topological polar surface area (TPSA) is 47.7 Å². The average molecular weight is 264 g/mol. The molecule has 1 saturated heterocycles. The number of morpholine rings is 1. The number of aryl methyl sites for hydroxylation is 1. The number of nitrogens with two attached hydrogens (primary N) is 1. The molecule has 0 saturated carbocycles. The van der Waals surface area contributed by atoms with Gasteiger partial charge in [0.05, 0.1) is 26.0 Å². The van der Waals surface area contributed by atoms with E-state index in [0.29, 0.717) is 0 Å². The summed E-state index contributed by atoms with van der Waals surface area (Å²) in [5.41, 5.74) is 7.93. The molecule has 0 atom stereocenters. The van der Waals surface area contributed by atoms with E-state index in [1.54, 1.807) is 7.11 Å². The predicted octanol–water partition coefficient (Wildman–Crippen LogP) is 1.93. The Balaban J connectivity index is 1.69. The van der Waals surface area contributed by atoms with E-state index in [1.807, 2.05) is 12.1 Å². The van der Waals surface area contributed by atoms with Gasteiger partial charge in [0.1, 0.15) is 5.75 Å². The maximum absolute atomic E-state index is 5.91. The Labute approximate surface area is 115 Å². The minimum atomic E-state index is 0.730. The summed E-state index contributed by atoms with van der Waals surface area (Å²) in [5.74, 6) is 0.761. The molecule has 1 aromatic rings. The van der Waals surface area contributed by atoms with Gasteiger partial charge >= 0.3 is 0 Å². The Kier molecular flexibility index (Phi) is 5.48. The molecular weight excluding hydrogens is 240 g/mol. The summed E-state index contributed by atoms with van der Waals surface area (Å²) < 4.78 is 10.5. The van der Waals surface area contributed by atoms with E-state index in [-0.39, 0.29) is 0 Å². The van der Waals surface area contributed by atoms with Crippen molar-refractivity contribution in [2.45, 2.75) is 19.3 Å². The first-order valence-corrected chi connectivity index (χ1v) is 7.02. The highest BCUT2D eigenvalue weighted by Crippen LogP contribution is 2.22. The van der Waals surface area contributed by atoms with Crippen LogP contribution in [0.5, 0.6) is 5.75 Å². The van der Waals surface area contributed by atoms with Gasteiger partial charge < -0.3 is 15.2 Å². The second-order valence-corrected chi connectivity index (χ2v) is 4.99. The standard InChI is InChI=1S/C15H24N2O2/c1-18-15-6-5-13(12-14(15)16)4-2-3-7-17-8-10-19-11-9-17/h5-6,12H,2-4,7-11,16H2,1H3. The zero-order chi connectivity index (χ0) is 13.5. The molecule has 0 bridgehead atoms. The lowest BCUT2D eigenvalue weighted by atomic mass is 10.1. The third-order valence-corrected chi connectivity index (χ3v) is 3.59. The monoisotopic (exact) mass is 264 g/mol. The Hall–Kier alpha value is -1.26. The van der Waals surface area contributed by atoms with Crippen LogP contribution in [0.1, 0.15) is 18.4 Å². The van der Waals surface area contributed by atoms with Gasteiger partial charge in [-0.3, -0.25) is 4.90 Å². The second-order valence-electron chi connectivity index (χ2n) is 4.99. The summed E-state index contributed by atoms with van der Waals surface area (Å²) in [6, 6.07) is 6.07. The van der Waals surface area contributed by atoms with Gasteiger partial charge in [0.15, 0.2) is 0 Å². The molecule has 0 radical (unpaired) electrons. The van der Waals surface area contributed by atoms with E-state index < -0.39 is 0 Å². The van der Waals surface area contributed by atoms with E-state index in [1.165, 1.54) is 24.9 Å². The van der Waals surface area contributed by atoms with Crippen LogP contribution in [-0.4, -0.2) is 44.9 Å². The van der Waals surface area contributed by atoms with Gasteiger partial charge in [0.2, 0.25) is 0 Å².